The molecule has 0 radical (unpaired) electrons. The smallest absolute Gasteiger partial charge is 0.423 e. The highest BCUT2D eigenvalue weighted by Gasteiger charge is 2.20. The molecule has 1 heterocycles. The highest BCUT2D eigenvalue weighted by Crippen LogP contribution is 2.32. The van der Waals surface area contributed by atoms with Crippen LogP contribution in [0.3, 0.4) is 0 Å². The predicted octanol–water partition coefficient (Wildman–Crippen LogP) is 3.62. The van der Waals surface area contributed by atoms with E-state index in [2.05, 4.69) is 41.0 Å². The minimum atomic E-state index is -1.51. The Kier molecular flexibility index (Phi) is 3.35. The van der Waals surface area contributed by atoms with E-state index in [0.29, 0.717) is 5.46 Å². The first-order valence-electron chi connectivity index (χ1n) is 8.61. The van der Waals surface area contributed by atoms with Gasteiger partial charge in [0.15, 0.2) is 0 Å². The number of para-hydroxylation sites is 1. The Bertz CT molecular complexity index is 1270. The van der Waals surface area contributed by atoms with Crippen LogP contribution in [0, 0.1) is 0 Å². The molecule has 0 saturated carbocycles. The molecule has 0 aliphatic rings. The van der Waals surface area contributed by atoms with Crippen LogP contribution in [0.4, 0.5) is 0 Å². The molecule has 0 unspecified atom stereocenters. The van der Waals surface area contributed by atoms with E-state index >= 15 is 0 Å². The molecule has 0 aliphatic carbocycles. The average molecular weight is 337 g/mol. The zero-order valence-corrected chi connectivity index (χ0v) is 14.0. The molecule has 1 aromatic heterocycles. The van der Waals surface area contributed by atoms with Gasteiger partial charge in [0.1, 0.15) is 0 Å². The van der Waals surface area contributed by atoms with Crippen LogP contribution in [0.5, 0.6) is 0 Å². The summed E-state index contributed by atoms with van der Waals surface area (Å²) in [5, 5.41) is 24.0. The Morgan fingerprint density at radius 2 is 1.38 bits per heavy atom. The fourth-order valence-electron chi connectivity index (χ4n) is 3.86. The maximum atomic E-state index is 9.85. The summed E-state index contributed by atoms with van der Waals surface area (Å²) >= 11 is 0. The van der Waals surface area contributed by atoms with Gasteiger partial charge in [-0.25, -0.2) is 0 Å². The standard InChI is InChI=1S/C22H16BNO2/c25-23(26)19-9-5-11-21-22(19)18-8-3-4-10-20(18)24(21)17-13-12-15-6-1-2-7-16(15)14-17/h1-14,25-26H. The molecule has 4 aromatic carbocycles. The number of nitrogens with zero attached hydrogens (tertiary/aromatic N) is 1. The Labute approximate surface area is 150 Å². The van der Waals surface area contributed by atoms with Gasteiger partial charge in [0.05, 0.1) is 11.0 Å². The highest BCUT2D eigenvalue weighted by molar-refractivity contribution is 6.63. The minimum absolute atomic E-state index is 0.526. The second-order valence-electron chi connectivity index (χ2n) is 6.50. The lowest BCUT2D eigenvalue weighted by Gasteiger charge is -2.10. The van der Waals surface area contributed by atoms with Gasteiger partial charge in [0.25, 0.3) is 0 Å². The van der Waals surface area contributed by atoms with Crippen LogP contribution in [-0.4, -0.2) is 21.7 Å². The largest absolute Gasteiger partial charge is 0.489 e. The van der Waals surface area contributed by atoms with Crippen LogP contribution in [0.2, 0.25) is 0 Å². The van der Waals surface area contributed by atoms with E-state index in [1.165, 1.54) is 10.8 Å². The zero-order chi connectivity index (χ0) is 17.7. The Morgan fingerprint density at radius 1 is 0.654 bits per heavy atom. The molecule has 0 amide bonds. The lowest BCUT2D eigenvalue weighted by Crippen LogP contribution is -2.30. The normalized spacial score (nSPS) is 11.5. The van der Waals surface area contributed by atoms with E-state index < -0.39 is 7.12 Å². The number of hydrogen-bond donors (Lipinski definition) is 2. The lowest BCUT2D eigenvalue weighted by atomic mass is 9.77. The van der Waals surface area contributed by atoms with Crippen molar-refractivity contribution >= 4 is 45.2 Å². The molecular formula is C22H16BNO2. The van der Waals surface area contributed by atoms with Gasteiger partial charge < -0.3 is 14.6 Å². The van der Waals surface area contributed by atoms with E-state index in [9.17, 15) is 10.0 Å². The predicted molar refractivity (Wildman–Crippen MR) is 108 cm³/mol. The van der Waals surface area contributed by atoms with Crippen molar-refractivity contribution in [2.24, 2.45) is 0 Å². The second kappa shape index (κ2) is 5.73. The van der Waals surface area contributed by atoms with Gasteiger partial charge in [-0.3, -0.25) is 0 Å². The van der Waals surface area contributed by atoms with Crippen molar-refractivity contribution < 1.29 is 10.0 Å². The molecular weight excluding hydrogens is 321 g/mol. The third-order valence-electron chi connectivity index (χ3n) is 5.00. The van der Waals surface area contributed by atoms with Crippen LogP contribution in [0.1, 0.15) is 0 Å². The zero-order valence-electron chi connectivity index (χ0n) is 14.0. The quantitative estimate of drug-likeness (QED) is 0.483. The Balaban J connectivity index is 1.93. The second-order valence-corrected chi connectivity index (χ2v) is 6.50. The average Bonchev–Trinajstić information content (AvgIpc) is 3.02. The highest BCUT2D eigenvalue weighted by atomic mass is 16.4. The van der Waals surface area contributed by atoms with Crippen molar-refractivity contribution in [1.82, 2.24) is 4.57 Å². The molecule has 0 saturated heterocycles. The van der Waals surface area contributed by atoms with Crippen LogP contribution in [0.25, 0.3) is 38.3 Å². The van der Waals surface area contributed by atoms with Crippen molar-refractivity contribution in [3.63, 3.8) is 0 Å². The van der Waals surface area contributed by atoms with Gasteiger partial charge >= 0.3 is 7.12 Å². The van der Waals surface area contributed by atoms with E-state index in [4.69, 9.17) is 0 Å². The van der Waals surface area contributed by atoms with Gasteiger partial charge in [0.2, 0.25) is 0 Å². The fraction of sp³-hybridized carbons (Fsp3) is 0. The first-order valence-corrected chi connectivity index (χ1v) is 8.61. The van der Waals surface area contributed by atoms with Crippen molar-refractivity contribution in [3.05, 3.63) is 84.9 Å². The Morgan fingerprint density at radius 3 is 2.23 bits per heavy atom. The molecule has 5 rings (SSSR count). The number of benzene rings is 4. The van der Waals surface area contributed by atoms with Crippen LogP contribution < -0.4 is 5.46 Å². The van der Waals surface area contributed by atoms with Crippen molar-refractivity contribution in [1.29, 1.82) is 0 Å². The van der Waals surface area contributed by atoms with E-state index in [-0.39, 0.29) is 0 Å². The summed E-state index contributed by atoms with van der Waals surface area (Å²) in [4.78, 5) is 0. The number of fused-ring (bicyclic) bond motifs is 4. The SMILES string of the molecule is OB(O)c1cccc2c1c1ccccc1n2-c1ccc2ccccc2c1. The summed E-state index contributed by atoms with van der Waals surface area (Å²) in [5.74, 6) is 0. The molecule has 0 bridgehead atoms. The third-order valence-corrected chi connectivity index (χ3v) is 5.00. The van der Waals surface area contributed by atoms with E-state index in [1.54, 1.807) is 6.07 Å². The van der Waals surface area contributed by atoms with Crippen LogP contribution in [-0.2, 0) is 0 Å². The summed E-state index contributed by atoms with van der Waals surface area (Å²) in [6, 6.07) is 28.4. The molecule has 0 atom stereocenters. The first-order chi connectivity index (χ1) is 12.7. The van der Waals surface area contributed by atoms with Gasteiger partial charge in [-0.15, -0.1) is 0 Å². The molecule has 3 nitrogen and oxygen atoms in total. The fourth-order valence-corrected chi connectivity index (χ4v) is 3.86. The number of rotatable bonds is 2. The van der Waals surface area contributed by atoms with Gasteiger partial charge in [-0.2, -0.15) is 0 Å². The minimum Gasteiger partial charge on any atom is -0.423 e. The molecule has 0 fully saturated rings. The molecule has 2 N–H and O–H groups in total. The lowest BCUT2D eigenvalue weighted by molar-refractivity contribution is 0.426. The first kappa shape index (κ1) is 15.2. The van der Waals surface area contributed by atoms with Crippen molar-refractivity contribution in [2.75, 3.05) is 0 Å². The third kappa shape index (κ3) is 2.17. The van der Waals surface area contributed by atoms with Gasteiger partial charge in [0, 0.05) is 16.5 Å². The summed E-state index contributed by atoms with van der Waals surface area (Å²) in [5.41, 5.74) is 3.59. The number of aromatic nitrogens is 1. The van der Waals surface area contributed by atoms with Crippen LogP contribution >= 0.6 is 0 Å². The summed E-state index contributed by atoms with van der Waals surface area (Å²) in [6.45, 7) is 0. The number of hydrogen-bond acceptors (Lipinski definition) is 2. The monoisotopic (exact) mass is 337 g/mol. The topological polar surface area (TPSA) is 45.4 Å². The maximum Gasteiger partial charge on any atom is 0.489 e. The van der Waals surface area contributed by atoms with Crippen LogP contribution in [0.15, 0.2) is 84.9 Å². The van der Waals surface area contributed by atoms with Crippen molar-refractivity contribution in [2.45, 2.75) is 0 Å². The summed E-state index contributed by atoms with van der Waals surface area (Å²) in [7, 11) is -1.51. The van der Waals surface area contributed by atoms with Gasteiger partial charge in [-0.05, 0) is 40.5 Å². The van der Waals surface area contributed by atoms with Gasteiger partial charge in [-0.1, -0.05) is 60.7 Å². The molecule has 5 aromatic rings. The summed E-state index contributed by atoms with van der Waals surface area (Å²) in [6.07, 6.45) is 0. The molecule has 26 heavy (non-hydrogen) atoms. The van der Waals surface area contributed by atoms with E-state index in [0.717, 1.165) is 27.5 Å². The molecule has 0 spiro atoms. The van der Waals surface area contributed by atoms with Crippen molar-refractivity contribution in [3.8, 4) is 5.69 Å². The van der Waals surface area contributed by atoms with E-state index in [1.807, 2.05) is 42.5 Å². The molecule has 0 aliphatic heterocycles. The Hall–Kier alpha value is -3.08. The summed E-state index contributed by atoms with van der Waals surface area (Å²) < 4.78 is 2.18. The molecule has 4 heteroatoms. The maximum absolute atomic E-state index is 9.85. The molecule has 124 valence electrons.